The fourth-order valence-corrected chi connectivity index (χ4v) is 1.86. The molecule has 0 radical (unpaired) electrons. The van der Waals surface area contributed by atoms with Crippen molar-refractivity contribution in [2.75, 3.05) is 7.05 Å². The van der Waals surface area contributed by atoms with E-state index in [1.807, 2.05) is 12.1 Å². The van der Waals surface area contributed by atoms with E-state index in [1.54, 1.807) is 19.2 Å². The molecule has 0 bridgehead atoms. The first-order chi connectivity index (χ1) is 8.65. The number of benzene rings is 2. The first kappa shape index (κ1) is 12.6. The van der Waals surface area contributed by atoms with Crippen molar-refractivity contribution in [3.05, 3.63) is 59.4 Å². The molecule has 94 valence electrons. The number of halogens is 3. The van der Waals surface area contributed by atoms with Gasteiger partial charge < -0.3 is 5.32 Å². The largest absolute Gasteiger partial charge is 0.316 e. The molecule has 0 aliphatic rings. The molecule has 2 aromatic rings. The second-order valence-corrected chi connectivity index (χ2v) is 3.91. The van der Waals surface area contributed by atoms with Gasteiger partial charge in [-0.2, -0.15) is 0 Å². The highest BCUT2D eigenvalue weighted by molar-refractivity contribution is 5.68. The van der Waals surface area contributed by atoms with Crippen molar-refractivity contribution in [3.8, 4) is 11.1 Å². The summed E-state index contributed by atoms with van der Waals surface area (Å²) in [4.78, 5) is 0. The fraction of sp³-hybridized carbons (Fsp3) is 0.143. The second-order valence-electron chi connectivity index (χ2n) is 3.91. The molecule has 0 saturated heterocycles. The lowest BCUT2D eigenvalue weighted by atomic mass is 9.99. The van der Waals surface area contributed by atoms with Crippen LogP contribution >= 0.6 is 0 Å². The molecule has 0 atom stereocenters. The topological polar surface area (TPSA) is 12.0 Å². The maximum atomic E-state index is 13.7. The van der Waals surface area contributed by atoms with E-state index in [2.05, 4.69) is 5.32 Å². The van der Waals surface area contributed by atoms with Crippen LogP contribution in [0.4, 0.5) is 13.2 Å². The highest BCUT2D eigenvalue weighted by Gasteiger charge is 2.16. The Bertz CT molecular complexity index is 567. The van der Waals surface area contributed by atoms with Crippen LogP contribution in [-0.2, 0) is 6.54 Å². The minimum absolute atomic E-state index is 0.0692. The number of nitrogens with one attached hydrogen (secondary N) is 1. The van der Waals surface area contributed by atoms with Gasteiger partial charge in [0.2, 0.25) is 0 Å². The normalized spacial score (nSPS) is 10.7. The fourth-order valence-electron chi connectivity index (χ4n) is 1.86. The molecule has 0 aliphatic carbocycles. The van der Waals surface area contributed by atoms with Crippen LogP contribution in [0.25, 0.3) is 11.1 Å². The predicted molar refractivity (Wildman–Crippen MR) is 64.5 cm³/mol. The minimum Gasteiger partial charge on any atom is -0.316 e. The molecule has 0 aliphatic heterocycles. The molecule has 0 fully saturated rings. The SMILES string of the molecule is CNCc1ccccc1-c1ccc(F)c(F)c1F. The van der Waals surface area contributed by atoms with Gasteiger partial charge in [-0.3, -0.25) is 0 Å². The Balaban J connectivity index is 2.59. The molecule has 2 rings (SSSR count). The molecule has 0 unspecified atom stereocenters. The molecule has 0 heterocycles. The first-order valence-electron chi connectivity index (χ1n) is 5.51. The van der Waals surface area contributed by atoms with E-state index in [9.17, 15) is 13.2 Å². The Morgan fingerprint density at radius 3 is 2.33 bits per heavy atom. The average molecular weight is 251 g/mol. The van der Waals surface area contributed by atoms with Gasteiger partial charge in [-0.25, -0.2) is 13.2 Å². The molecule has 0 aromatic heterocycles. The van der Waals surface area contributed by atoms with Crippen LogP contribution < -0.4 is 5.32 Å². The highest BCUT2D eigenvalue weighted by atomic mass is 19.2. The van der Waals surface area contributed by atoms with Gasteiger partial charge in [0.25, 0.3) is 0 Å². The van der Waals surface area contributed by atoms with E-state index < -0.39 is 17.5 Å². The lowest BCUT2D eigenvalue weighted by molar-refractivity contribution is 0.449. The minimum atomic E-state index is -1.44. The Morgan fingerprint density at radius 1 is 0.889 bits per heavy atom. The van der Waals surface area contributed by atoms with E-state index in [-0.39, 0.29) is 5.56 Å². The third-order valence-corrected chi connectivity index (χ3v) is 2.71. The Labute approximate surface area is 103 Å². The Kier molecular flexibility index (Phi) is 3.67. The first-order valence-corrected chi connectivity index (χ1v) is 5.51. The van der Waals surface area contributed by atoms with Crippen molar-refractivity contribution in [1.82, 2.24) is 5.32 Å². The second kappa shape index (κ2) is 5.23. The van der Waals surface area contributed by atoms with Gasteiger partial charge >= 0.3 is 0 Å². The molecule has 0 spiro atoms. The number of hydrogen-bond acceptors (Lipinski definition) is 1. The van der Waals surface area contributed by atoms with E-state index in [0.717, 1.165) is 11.6 Å². The van der Waals surface area contributed by atoms with Gasteiger partial charge in [0.1, 0.15) is 0 Å². The van der Waals surface area contributed by atoms with Crippen molar-refractivity contribution < 1.29 is 13.2 Å². The van der Waals surface area contributed by atoms with Crippen LogP contribution in [0.2, 0.25) is 0 Å². The summed E-state index contributed by atoms with van der Waals surface area (Å²) in [6.45, 7) is 0.522. The van der Waals surface area contributed by atoms with Gasteiger partial charge in [0, 0.05) is 12.1 Å². The zero-order chi connectivity index (χ0) is 13.1. The third kappa shape index (κ3) is 2.24. The van der Waals surface area contributed by atoms with Crippen LogP contribution in [-0.4, -0.2) is 7.05 Å². The summed E-state index contributed by atoms with van der Waals surface area (Å²) in [5, 5.41) is 2.95. The van der Waals surface area contributed by atoms with E-state index in [0.29, 0.717) is 12.1 Å². The van der Waals surface area contributed by atoms with Crippen molar-refractivity contribution in [2.45, 2.75) is 6.54 Å². The van der Waals surface area contributed by atoms with Crippen LogP contribution in [0, 0.1) is 17.5 Å². The lowest BCUT2D eigenvalue weighted by Crippen LogP contribution is -2.07. The zero-order valence-electron chi connectivity index (χ0n) is 9.81. The maximum Gasteiger partial charge on any atom is 0.195 e. The van der Waals surface area contributed by atoms with E-state index in [1.165, 1.54) is 6.07 Å². The summed E-state index contributed by atoms with van der Waals surface area (Å²) in [5.41, 5.74) is 1.45. The van der Waals surface area contributed by atoms with E-state index in [4.69, 9.17) is 0 Å². The van der Waals surface area contributed by atoms with Crippen molar-refractivity contribution in [2.24, 2.45) is 0 Å². The quantitative estimate of drug-likeness (QED) is 0.823. The predicted octanol–water partition coefficient (Wildman–Crippen LogP) is 3.49. The molecular weight excluding hydrogens is 239 g/mol. The molecule has 18 heavy (non-hydrogen) atoms. The van der Waals surface area contributed by atoms with Crippen LogP contribution in [0.5, 0.6) is 0 Å². The summed E-state index contributed by atoms with van der Waals surface area (Å²) in [6, 6.07) is 9.23. The van der Waals surface area contributed by atoms with Gasteiger partial charge in [-0.15, -0.1) is 0 Å². The zero-order valence-corrected chi connectivity index (χ0v) is 9.81. The van der Waals surface area contributed by atoms with Gasteiger partial charge in [0.05, 0.1) is 0 Å². The van der Waals surface area contributed by atoms with Gasteiger partial charge in [-0.1, -0.05) is 24.3 Å². The average Bonchev–Trinajstić information content (AvgIpc) is 2.38. The summed E-state index contributed by atoms with van der Waals surface area (Å²) >= 11 is 0. The van der Waals surface area contributed by atoms with Crippen LogP contribution in [0.3, 0.4) is 0 Å². The van der Waals surface area contributed by atoms with Crippen LogP contribution in [0.1, 0.15) is 5.56 Å². The van der Waals surface area contributed by atoms with Crippen molar-refractivity contribution >= 4 is 0 Å². The van der Waals surface area contributed by atoms with Crippen LogP contribution in [0.15, 0.2) is 36.4 Å². The smallest absolute Gasteiger partial charge is 0.195 e. The number of rotatable bonds is 3. The maximum absolute atomic E-state index is 13.7. The summed E-state index contributed by atoms with van der Waals surface area (Å²) in [7, 11) is 1.76. The van der Waals surface area contributed by atoms with E-state index >= 15 is 0 Å². The Hall–Kier alpha value is -1.81. The Morgan fingerprint density at radius 2 is 1.61 bits per heavy atom. The van der Waals surface area contributed by atoms with Gasteiger partial charge in [0.15, 0.2) is 17.5 Å². The molecular formula is C14H12F3N. The standard InChI is InChI=1S/C14H12F3N/c1-18-8-9-4-2-3-5-10(9)11-6-7-12(15)14(17)13(11)16/h2-7,18H,8H2,1H3. The summed E-state index contributed by atoms with van der Waals surface area (Å²) < 4.78 is 39.9. The molecule has 1 nitrogen and oxygen atoms in total. The number of hydrogen-bond donors (Lipinski definition) is 1. The highest BCUT2D eigenvalue weighted by Crippen LogP contribution is 2.28. The monoisotopic (exact) mass is 251 g/mol. The molecule has 4 heteroatoms. The molecule has 0 saturated carbocycles. The summed E-state index contributed by atoms with van der Waals surface area (Å²) in [5.74, 6) is -3.77. The summed E-state index contributed by atoms with van der Waals surface area (Å²) in [6.07, 6.45) is 0. The van der Waals surface area contributed by atoms with Crippen molar-refractivity contribution in [3.63, 3.8) is 0 Å². The van der Waals surface area contributed by atoms with Gasteiger partial charge in [-0.05, 0) is 30.3 Å². The van der Waals surface area contributed by atoms with Crippen molar-refractivity contribution in [1.29, 1.82) is 0 Å². The lowest BCUT2D eigenvalue weighted by Gasteiger charge is -2.10. The third-order valence-electron chi connectivity index (χ3n) is 2.71. The molecule has 1 N–H and O–H groups in total. The molecule has 2 aromatic carbocycles. The molecule has 0 amide bonds.